The lowest BCUT2D eigenvalue weighted by Gasteiger charge is -2.32. The van der Waals surface area contributed by atoms with Crippen LogP contribution in [0.15, 0.2) is 23.2 Å². The highest BCUT2D eigenvalue weighted by Crippen LogP contribution is 2.30. The van der Waals surface area contributed by atoms with E-state index in [0.717, 1.165) is 4.90 Å². The minimum Gasteiger partial charge on any atom is -0.497 e. The number of β-amino-alcohol motifs (C(OH)–C–C–N with tert-alkyl or cyclic N) is 1. The van der Waals surface area contributed by atoms with Crippen molar-refractivity contribution in [1.29, 1.82) is 0 Å². The van der Waals surface area contributed by atoms with Crippen LogP contribution in [0.5, 0.6) is 5.75 Å². The summed E-state index contributed by atoms with van der Waals surface area (Å²) in [6.07, 6.45) is -2.11. The van der Waals surface area contributed by atoms with Crippen LogP contribution in [0.4, 0.5) is 0 Å². The molecule has 302 valence electrons. The van der Waals surface area contributed by atoms with Gasteiger partial charge < -0.3 is 68.2 Å². The number of aromatic nitrogens is 1. The molecule has 3 unspecified atom stereocenters. The van der Waals surface area contributed by atoms with Gasteiger partial charge in [-0.1, -0.05) is 0 Å². The number of aromatic amines is 1. The van der Waals surface area contributed by atoms with Crippen molar-refractivity contribution in [2.24, 2.45) is 11.5 Å². The van der Waals surface area contributed by atoms with Crippen LogP contribution in [0.2, 0.25) is 0 Å². The number of benzene rings is 1. The Morgan fingerprint density at radius 3 is 2.51 bits per heavy atom. The average Bonchev–Trinajstić information content (AvgIpc) is 3.70. The number of nitrogens with zero attached hydrogens (tertiary/aromatic N) is 1. The van der Waals surface area contributed by atoms with Crippen molar-refractivity contribution in [2.45, 2.75) is 80.2 Å². The first kappa shape index (κ1) is 42.6. The van der Waals surface area contributed by atoms with Gasteiger partial charge in [-0.15, -0.1) is 0 Å². The third kappa shape index (κ3) is 10.5. The van der Waals surface area contributed by atoms with E-state index in [-0.39, 0.29) is 24.4 Å². The predicted molar refractivity (Wildman–Crippen MR) is 195 cm³/mol. The fraction of sp³-hybridized carbons (Fsp3) is 0.545. The van der Waals surface area contributed by atoms with Gasteiger partial charge in [0.2, 0.25) is 41.4 Å². The van der Waals surface area contributed by atoms with E-state index in [2.05, 4.69) is 36.9 Å². The molecule has 0 radical (unpaired) electrons. The molecule has 3 heterocycles. The summed E-state index contributed by atoms with van der Waals surface area (Å²) in [5, 5.41) is 36.5. The molecule has 8 atom stereocenters. The number of hydrogen-bond donors (Lipinski definition) is 11. The van der Waals surface area contributed by atoms with E-state index in [9.17, 15) is 48.0 Å². The van der Waals surface area contributed by atoms with E-state index in [1.165, 1.54) is 28.0 Å². The van der Waals surface area contributed by atoms with Crippen molar-refractivity contribution in [3.63, 3.8) is 0 Å². The van der Waals surface area contributed by atoms with Crippen molar-refractivity contribution >= 4 is 63.1 Å². The number of amides is 7. The number of aliphatic hydroxyl groups is 2. The van der Waals surface area contributed by atoms with Crippen molar-refractivity contribution in [2.75, 3.05) is 39.5 Å². The SMILES string of the molecule is CNC(=O)[C@@H]1C[C@@H](O)CN1C(=O)[C@H](CC(N)=O)NC(=O)C1CS(=O)c2[nH]c3cc(OC)ccc3c2C[C@H](N)C(=O)NCC(=O)NC(C)(O)[C@H](C)NCC(=O)N1. The molecule has 1 fully saturated rings. The number of rotatable bonds is 7. The number of primary amides is 1. The Morgan fingerprint density at radius 1 is 1.15 bits per heavy atom. The highest BCUT2D eigenvalue weighted by Gasteiger charge is 2.42. The van der Waals surface area contributed by atoms with Crippen LogP contribution in [0, 0.1) is 0 Å². The van der Waals surface area contributed by atoms with Gasteiger partial charge in [0, 0.05) is 31.5 Å². The third-order valence-electron chi connectivity index (χ3n) is 9.39. The van der Waals surface area contributed by atoms with E-state index < -0.39 is 119 Å². The van der Waals surface area contributed by atoms with Gasteiger partial charge in [0.1, 0.15) is 34.6 Å². The van der Waals surface area contributed by atoms with Gasteiger partial charge in [0.15, 0.2) is 0 Å². The minimum absolute atomic E-state index is 0.0458. The number of likely N-dealkylation sites (tertiary alicyclic amines) is 1. The number of carbonyl (C=O) groups excluding carboxylic acids is 7. The first-order chi connectivity index (χ1) is 25.8. The molecule has 0 spiro atoms. The third-order valence-corrected chi connectivity index (χ3v) is 10.8. The smallest absolute Gasteiger partial charge is 0.246 e. The van der Waals surface area contributed by atoms with Crippen LogP contribution < -0.4 is 48.1 Å². The summed E-state index contributed by atoms with van der Waals surface area (Å²) in [7, 11) is 0.611. The zero-order chi connectivity index (χ0) is 40.8. The number of aliphatic hydroxyl groups excluding tert-OH is 1. The van der Waals surface area contributed by atoms with Crippen molar-refractivity contribution < 1.29 is 52.7 Å². The van der Waals surface area contributed by atoms with Crippen LogP contribution >= 0.6 is 0 Å². The second kappa shape index (κ2) is 18.0. The summed E-state index contributed by atoms with van der Waals surface area (Å²) in [6.45, 7) is 1.35. The summed E-state index contributed by atoms with van der Waals surface area (Å²) in [5.74, 6) is -6.07. The molecule has 22 heteroatoms. The topological polar surface area (TPSA) is 329 Å². The molecular formula is C33H48N10O11S. The van der Waals surface area contributed by atoms with Crippen LogP contribution in [0.1, 0.15) is 32.3 Å². The summed E-state index contributed by atoms with van der Waals surface area (Å²) >= 11 is 0. The average molecular weight is 793 g/mol. The second-order valence-electron chi connectivity index (χ2n) is 13.5. The number of carbonyl (C=O) groups is 7. The fourth-order valence-corrected chi connectivity index (χ4v) is 7.63. The number of fused-ring (bicyclic) bond motifs is 3. The van der Waals surface area contributed by atoms with Crippen LogP contribution in [-0.4, -0.2) is 147 Å². The Bertz CT molecular complexity index is 1850. The molecule has 4 rings (SSSR count). The summed E-state index contributed by atoms with van der Waals surface area (Å²) in [4.78, 5) is 95.4. The Kier molecular flexibility index (Phi) is 13.9. The van der Waals surface area contributed by atoms with Gasteiger partial charge in [-0.3, -0.25) is 37.8 Å². The molecule has 2 aromatic rings. The van der Waals surface area contributed by atoms with Crippen LogP contribution in [0.25, 0.3) is 10.9 Å². The number of likely N-dealkylation sites (N-methyl/N-ethyl adjacent to an activating group) is 1. The van der Waals surface area contributed by atoms with E-state index in [1.54, 1.807) is 18.2 Å². The molecule has 0 saturated carbocycles. The fourth-order valence-electron chi connectivity index (χ4n) is 6.23. The Balaban J connectivity index is 1.73. The molecule has 55 heavy (non-hydrogen) atoms. The zero-order valence-corrected chi connectivity index (χ0v) is 31.5. The zero-order valence-electron chi connectivity index (χ0n) is 30.7. The Hall–Kier alpha value is -5.16. The lowest BCUT2D eigenvalue weighted by molar-refractivity contribution is -0.142. The standard InChI is InChI=1S/C33H48N10O11S/c1-15-33(2,52)42-27(47)12-38-28(48)20(34)9-19-18-6-5-17(54-4)8-21(18)41-31(19)55(53)14-23(39-26(46)11-37-15)29(49)40-22(10-25(35)45)32(51)43-13-16(44)7-24(43)30(50)36-3/h5-6,8,15-16,20,22-24,37,41,44,52H,7,9-14,34H2,1-4H3,(H2,35,45)(H,36,50)(H,38,48)(H,39,46)(H,40,49)(H,42,47)/t15-,16+,20-,22-,23?,24-,33?,55?/m0/s1. The number of hydrogen-bond acceptors (Lipinski definition) is 13. The molecule has 1 aromatic heterocycles. The van der Waals surface area contributed by atoms with E-state index in [4.69, 9.17) is 16.2 Å². The highest BCUT2D eigenvalue weighted by atomic mass is 32.2. The highest BCUT2D eigenvalue weighted by molar-refractivity contribution is 7.85. The number of nitrogens with two attached hydrogens (primary N) is 2. The van der Waals surface area contributed by atoms with Crippen molar-refractivity contribution in [3.8, 4) is 5.75 Å². The maximum Gasteiger partial charge on any atom is 0.246 e. The molecule has 0 bridgehead atoms. The molecular weight excluding hydrogens is 744 g/mol. The van der Waals surface area contributed by atoms with Crippen LogP contribution in [-0.2, 0) is 50.8 Å². The van der Waals surface area contributed by atoms with E-state index in [0.29, 0.717) is 22.2 Å². The van der Waals surface area contributed by atoms with Gasteiger partial charge in [0.05, 0.1) is 66.9 Å². The molecule has 2 aliphatic heterocycles. The number of methoxy groups -OCH3 is 1. The van der Waals surface area contributed by atoms with Gasteiger partial charge in [-0.25, -0.2) is 0 Å². The minimum atomic E-state index is -2.17. The van der Waals surface area contributed by atoms with E-state index in [1.807, 2.05) is 0 Å². The predicted octanol–water partition coefficient (Wildman–Crippen LogP) is -5.36. The number of H-pyrrole nitrogens is 1. The first-order valence-corrected chi connectivity index (χ1v) is 18.6. The normalized spacial score (nSPS) is 27.7. The maximum atomic E-state index is 14.3. The van der Waals surface area contributed by atoms with Crippen molar-refractivity contribution in [3.05, 3.63) is 23.8 Å². The molecule has 1 aromatic carbocycles. The Labute approximate surface area is 317 Å². The molecule has 1 saturated heterocycles. The maximum absolute atomic E-state index is 14.3. The summed E-state index contributed by atoms with van der Waals surface area (Å²) < 4.78 is 19.6. The van der Waals surface area contributed by atoms with Gasteiger partial charge >= 0.3 is 0 Å². The van der Waals surface area contributed by atoms with Gasteiger partial charge in [-0.2, -0.15) is 0 Å². The number of nitrogens with one attached hydrogen (secondary N) is 7. The lowest BCUT2D eigenvalue weighted by atomic mass is 10.0. The van der Waals surface area contributed by atoms with Crippen LogP contribution in [0.3, 0.4) is 0 Å². The molecule has 0 aliphatic carbocycles. The monoisotopic (exact) mass is 792 g/mol. The summed E-state index contributed by atoms with van der Waals surface area (Å²) in [5.41, 5.74) is 10.5. The quantitative estimate of drug-likeness (QED) is 0.125. The van der Waals surface area contributed by atoms with Crippen molar-refractivity contribution in [1.82, 2.24) is 41.8 Å². The Morgan fingerprint density at radius 2 is 1.85 bits per heavy atom. The molecule has 21 nitrogen and oxygen atoms in total. The second-order valence-corrected chi connectivity index (χ2v) is 15.0. The van der Waals surface area contributed by atoms with Gasteiger partial charge in [0.25, 0.3) is 0 Å². The van der Waals surface area contributed by atoms with E-state index >= 15 is 0 Å². The molecule has 13 N–H and O–H groups in total. The van der Waals surface area contributed by atoms with Gasteiger partial charge in [-0.05, 0) is 38.0 Å². The largest absolute Gasteiger partial charge is 0.497 e. The summed E-state index contributed by atoms with van der Waals surface area (Å²) in [6, 6.07) is -1.81. The lowest BCUT2D eigenvalue weighted by Crippen LogP contribution is -2.62. The molecule has 2 aliphatic rings. The molecule has 7 amide bonds. The number of ether oxygens (including phenoxy) is 1. The first-order valence-electron chi connectivity index (χ1n) is 17.3.